The number of carbonyl (C=O) groups is 1. The van der Waals surface area contributed by atoms with Crippen molar-refractivity contribution in [2.24, 2.45) is 5.92 Å². The molecule has 1 N–H and O–H groups in total. The van der Waals surface area contributed by atoms with E-state index in [1.807, 2.05) is 12.1 Å². The molecule has 0 saturated heterocycles. The molecule has 1 aliphatic carbocycles. The predicted octanol–water partition coefficient (Wildman–Crippen LogP) is 4.52. The van der Waals surface area contributed by atoms with Gasteiger partial charge in [-0.3, -0.25) is 0 Å². The number of benzene rings is 1. The SMILES string of the molecule is O=C(O)/C=C/CC[C@H]1CC[C@H](c2ccc(F)cc2)CC1. The summed E-state index contributed by atoms with van der Waals surface area (Å²) in [7, 11) is 0. The Morgan fingerprint density at radius 1 is 1.20 bits per heavy atom. The average Bonchev–Trinajstić information content (AvgIpc) is 2.45. The van der Waals surface area contributed by atoms with E-state index in [-0.39, 0.29) is 5.82 Å². The molecule has 0 unspecified atom stereocenters. The first-order valence-corrected chi connectivity index (χ1v) is 7.30. The van der Waals surface area contributed by atoms with E-state index in [0.29, 0.717) is 11.8 Å². The Morgan fingerprint density at radius 3 is 2.45 bits per heavy atom. The second-order valence-corrected chi connectivity index (χ2v) is 5.59. The monoisotopic (exact) mass is 276 g/mol. The molecule has 0 spiro atoms. The third kappa shape index (κ3) is 4.48. The van der Waals surface area contributed by atoms with Crippen LogP contribution in [0, 0.1) is 11.7 Å². The minimum atomic E-state index is -0.870. The fraction of sp³-hybridized carbons (Fsp3) is 0.471. The van der Waals surface area contributed by atoms with Crippen molar-refractivity contribution < 1.29 is 14.3 Å². The van der Waals surface area contributed by atoms with Crippen molar-refractivity contribution in [3.8, 4) is 0 Å². The fourth-order valence-electron chi connectivity index (χ4n) is 3.04. The van der Waals surface area contributed by atoms with E-state index in [9.17, 15) is 9.18 Å². The lowest BCUT2D eigenvalue weighted by molar-refractivity contribution is -0.131. The second kappa shape index (κ2) is 7.22. The number of carboxylic acids is 1. The van der Waals surface area contributed by atoms with Crippen LogP contribution in [0.4, 0.5) is 4.39 Å². The van der Waals surface area contributed by atoms with Gasteiger partial charge in [-0.2, -0.15) is 0 Å². The van der Waals surface area contributed by atoms with Gasteiger partial charge < -0.3 is 5.11 Å². The topological polar surface area (TPSA) is 37.3 Å². The van der Waals surface area contributed by atoms with Crippen LogP contribution in [-0.4, -0.2) is 11.1 Å². The molecule has 0 amide bonds. The summed E-state index contributed by atoms with van der Waals surface area (Å²) in [6.45, 7) is 0. The summed E-state index contributed by atoms with van der Waals surface area (Å²) in [5, 5.41) is 8.52. The molecule has 108 valence electrons. The van der Waals surface area contributed by atoms with Crippen molar-refractivity contribution in [2.75, 3.05) is 0 Å². The van der Waals surface area contributed by atoms with Gasteiger partial charge in [-0.15, -0.1) is 0 Å². The Bertz CT molecular complexity index is 456. The number of aliphatic carboxylic acids is 1. The molecule has 1 aromatic rings. The molecule has 0 bridgehead atoms. The molecule has 1 fully saturated rings. The van der Waals surface area contributed by atoms with E-state index in [0.717, 1.165) is 25.7 Å². The van der Waals surface area contributed by atoms with E-state index >= 15 is 0 Å². The van der Waals surface area contributed by atoms with Crippen LogP contribution in [0.3, 0.4) is 0 Å². The molecule has 0 aliphatic heterocycles. The highest BCUT2D eigenvalue weighted by molar-refractivity contribution is 5.79. The van der Waals surface area contributed by atoms with E-state index in [1.54, 1.807) is 6.08 Å². The molecule has 0 aromatic heterocycles. The highest BCUT2D eigenvalue weighted by atomic mass is 19.1. The number of rotatable bonds is 5. The van der Waals surface area contributed by atoms with Gasteiger partial charge in [-0.1, -0.05) is 18.2 Å². The Hall–Kier alpha value is -1.64. The zero-order valence-corrected chi connectivity index (χ0v) is 11.6. The van der Waals surface area contributed by atoms with Crippen LogP contribution in [-0.2, 0) is 4.79 Å². The van der Waals surface area contributed by atoms with Gasteiger partial charge in [0.05, 0.1) is 0 Å². The number of hydrogen-bond donors (Lipinski definition) is 1. The highest BCUT2D eigenvalue weighted by Crippen LogP contribution is 2.37. The molecule has 1 aliphatic rings. The van der Waals surface area contributed by atoms with Gasteiger partial charge >= 0.3 is 5.97 Å². The van der Waals surface area contributed by atoms with Gasteiger partial charge in [0.15, 0.2) is 0 Å². The zero-order valence-electron chi connectivity index (χ0n) is 11.6. The lowest BCUT2D eigenvalue weighted by Crippen LogP contribution is -2.13. The fourth-order valence-corrected chi connectivity index (χ4v) is 3.04. The second-order valence-electron chi connectivity index (χ2n) is 5.59. The van der Waals surface area contributed by atoms with E-state index in [2.05, 4.69) is 0 Å². The van der Waals surface area contributed by atoms with Gasteiger partial charge in [0.25, 0.3) is 0 Å². The Morgan fingerprint density at radius 2 is 1.85 bits per heavy atom. The Labute approximate surface area is 119 Å². The van der Waals surface area contributed by atoms with Gasteiger partial charge in [-0.05, 0) is 68.1 Å². The van der Waals surface area contributed by atoms with Crippen molar-refractivity contribution in [2.45, 2.75) is 44.4 Å². The summed E-state index contributed by atoms with van der Waals surface area (Å²) in [5.41, 5.74) is 1.25. The van der Waals surface area contributed by atoms with Crippen molar-refractivity contribution in [3.63, 3.8) is 0 Å². The normalized spacial score (nSPS) is 23.1. The third-order valence-electron chi connectivity index (χ3n) is 4.19. The smallest absolute Gasteiger partial charge is 0.327 e. The summed E-state index contributed by atoms with van der Waals surface area (Å²) in [6.07, 6.45) is 9.56. The number of halogens is 1. The minimum Gasteiger partial charge on any atom is -0.478 e. The van der Waals surface area contributed by atoms with Crippen LogP contribution >= 0.6 is 0 Å². The maximum atomic E-state index is 12.9. The summed E-state index contributed by atoms with van der Waals surface area (Å²) in [6, 6.07) is 6.88. The van der Waals surface area contributed by atoms with Crippen LogP contribution in [0.2, 0.25) is 0 Å². The van der Waals surface area contributed by atoms with Crippen LogP contribution in [0.1, 0.15) is 50.0 Å². The standard InChI is InChI=1S/C17H21FO2/c18-16-11-9-15(10-12-16)14-7-5-13(6-8-14)3-1-2-4-17(19)20/h2,4,9-14H,1,3,5-8H2,(H,19,20)/b4-2+/t13-,14-. The molecular formula is C17H21FO2. The first-order valence-electron chi connectivity index (χ1n) is 7.30. The zero-order chi connectivity index (χ0) is 14.4. The van der Waals surface area contributed by atoms with Gasteiger partial charge in [-0.25, -0.2) is 9.18 Å². The van der Waals surface area contributed by atoms with Crippen LogP contribution in [0.15, 0.2) is 36.4 Å². The lowest BCUT2D eigenvalue weighted by Gasteiger charge is -2.28. The third-order valence-corrected chi connectivity index (χ3v) is 4.19. The van der Waals surface area contributed by atoms with Gasteiger partial charge in [0.2, 0.25) is 0 Å². The number of hydrogen-bond acceptors (Lipinski definition) is 1. The molecule has 0 heterocycles. The van der Waals surface area contributed by atoms with Crippen LogP contribution < -0.4 is 0 Å². The number of carboxylic acid groups (broad SMARTS) is 1. The molecule has 1 aromatic carbocycles. The van der Waals surface area contributed by atoms with E-state index in [1.165, 1.54) is 36.6 Å². The predicted molar refractivity (Wildman–Crippen MR) is 77.1 cm³/mol. The molecule has 20 heavy (non-hydrogen) atoms. The molecule has 2 nitrogen and oxygen atoms in total. The molecule has 0 atom stereocenters. The average molecular weight is 276 g/mol. The van der Waals surface area contributed by atoms with E-state index < -0.39 is 5.97 Å². The van der Waals surface area contributed by atoms with Crippen LogP contribution in [0.5, 0.6) is 0 Å². The molecule has 1 saturated carbocycles. The largest absolute Gasteiger partial charge is 0.478 e. The van der Waals surface area contributed by atoms with Crippen molar-refractivity contribution >= 4 is 5.97 Å². The summed E-state index contributed by atoms with van der Waals surface area (Å²) in [4.78, 5) is 10.4. The van der Waals surface area contributed by atoms with Crippen molar-refractivity contribution in [3.05, 3.63) is 47.8 Å². The van der Waals surface area contributed by atoms with Crippen molar-refractivity contribution in [1.82, 2.24) is 0 Å². The summed E-state index contributed by atoms with van der Waals surface area (Å²) < 4.78 is 12.9. The van der Waals surface area contributed by atoms with E-state index in [4.69, 9.17) is 5.11 Å². The molecule has 0 radical (unpaired) electrons. The first-order chi connectivity index (χ1) is 9.65. The van der Waals surface area contributed by atoms with Gasteiger partial charge in [0, 0.05) is 6.08 Å². The Balaban J connectivity index is 1.75. The van der Waals surface area contributed by atoms with Gasteiger partial charge in [0.1, 0.15) is 5.82 Å². The lowest BCUT2D eigenvalue weighted by atomic mass is 9.77. The van der Waals surface area contributed by atoms with Crippen molar-refractivity contribution in [1.29, 1.82) is 0 Å². The first kappa shape index (κ1) is 14.8. The van der Waals surface area contributed by atoms with Crippen LogP contribution in [0.25, 0.3) is 0 Å². The highest BCUT2D eigenvalue weighted by Gasteiger charge is 2.21. The summed E-state index contributed by atoms with van der Waals surface area (Å²) >= 11 is 0. The number of allylic oxidation sites excluding steroid dienone is 1. The maximum absolute atomic E-state index is 12.9. The summed E-state index contributed by atoms with van der Waals surface area (Å²) in [5.74, 6) is 0.212. The minimum absolute atomic E-state index is 0.173. The molecule has 2 rings (SSSR count). The molecule has 3 heteroatoms. The quantitative estimate of drug-likeness (QED) is 0.803. The Kier molecular flexibility index (Phi) is 5.33. The maximum Gasteiger partial charge on any atom is 0.327 e. The molecular weight excluding hydrogens is 255 g/mol.